The van der Waals surface area contributed by atoms with E-state index in [0.29, 0.717) is 0 Å². The van der Waals surface area contributed by atoms with Crippen LogP contribution in [0.1, 0.15) is 0 Å². The maximum atomic E-state index is 13.7. The number of hydrogen-bond acceptors (Lipinski definition) is 11. The molecule has 0 aromatic rings. The van der Waals surface area contributed by atoms with Crippen LogP contribution in [0.4, 0.5) is 149 Å². The van der Waals surface area contributed by atoms with Gasteiger partial charge in [-0.15, -0.1) is 0 Å². The Balaban J connectivity index is -0.00000116. The van der Waals surface area contributed by atoms with Gasteiger partial charge < -0.3 is 9.11 Å². The number of ether oxygens (including phenoxy) is 4. The first kappa shape index (κ1) is 67.9. The van der Waals surface area contributed by atoms with Crippen LogP contribution in [-0.4, -0.2) is 134 Å². The molecule has 11 nitrogen and oxygen atoms in total. The van der Waals surface area contributed by atoms with E-state index in [1.807, 2.05) is 0 Å². The Morgan fingerprint density at radius 2 is 0.515 bits per heavy atom. The molecule has 0 spiro atoms. The van der Waals surface area contributed by atoms with Crippen LogP contribution in [0.25, 0.3) is 0 Å². The molecule has 4 atom stereocenters. The monoisotopic (exact) mass is 1160 g/mol. The zero-order chi connectivity index (χ0) is 55.1. The van der Waals surface area contributed by atoms with Gasteiger partial charge in [0.05, 0.1) is 0 Å². The number of rotatable bonds is 20. The average molecular weight is 1160 g/mol. The van der Waals surface area contributed by atoms with Gasteiger partial charge in [0.2, 0.25) is 0 Å². The molecule has 0 heterocycles. The molecule has 0 aliphatic rings. The molecule has 0 fully saturated rings. The van der Waals surface area contributed by atoms with E-state index in [2.05, 4.69) is 0 Å². The molecule has 397 valence electrons. The molecular formula is C18H4F34O11S2V. The second-order valence-electron chi connectivity index (χ2n) is 10.3. The molecule has 4 unspecified atom stereocenters. The van der Waals surface area contributed by atoms with Gasteiger partial charge in [-0.3, -0.25) is 18.9 Å². The third kappa shape index (κ3) is 12.3. The van der Waals surface area contributed by atoms with Crippen molar-refractivity contribution >= 4 is 20.2 Å². The Bertz CT molecular complexity index is 1710. The zero-order valence-electron chi connectivity index (χ0n) is 27.9. The molecule has 66 heavy (non-hydrogen) atoms. The minimum atomic E-state index is -8.15. The second-order valence-corrected chi connectivity index (χ2v) is 13.2. The number of halogens is 34. The summed E-state index contributed by atoms with van der Waals surface area (Å²) < 4.78 is 509. The summed E-state index contributed by atoms with van der Waals surface area (Å²) in [6, 6.07) is 0. The first-order valence-electron chi connectivity index (χ1n) is 13.0. The fourth-order valence-corrected chi connectivity index (χ4v) is 3.31. The Morgan fingerprint density at radius 1 is 0.333 bits per heavy atom. The van der Waals surface area contributed by atoms with E-state index in [-0.39, 0.29) is 0 Å². The molecule has 0 bridgehead atoms. The number of alkyl halides is 34. The summed E-state index contributed by atoms with van der Waals surface area (Å²) in [6.45, 7) is 0. The first-order chi connectivity index (χ1) is 28.1. The van der Waals surface area contributed by atoms with E-state index in [0.717, 1.165) is 17.4 Å². The molecule has 0 aliphatic heterocycles. The quantitative estimate of drug-likeness (QED) is 0.0845. The van der Waals surface area contributed by atoms with Crippen LogP contribution >= 0.6 is 0 Å². The van der Waals surface area contributed by atoms with Crippen LogP contribution in [0.2, 0.25) is 0 Å². The normalized spacial score (nSPS) is 18.8. The third-order valence-corrected chi connectivity index (χ3v) is 7.62. The molecule has 0 aliphatic carbocycles. The van der Waals surface area contributed by atoms with Crippen molar-refractivity contribution in [2.45, 2.75) is 108 Å². The van der Waals surface area contributed by atoms with E-state index in [9.17, 15) is 175 Å². The van der Waals surface area contributed by atoms with Gasteiger partial charge in [0, 0.05) is 0 Å². The van der Waals surface area contributed by atoms with Crippen molar-refractivity contribution in [1.29, 1.82) is 0 Å². The molecule has 0 saturated carbocycles. The Hall–Kier alpha value is -2.34. The molecule has 0 saturated heterocycles. The SMILES string of the molecule is O=S(=O)([O-])C(F)(F)C(F)(F)OC(F)(C(F)(F)F)C(F)(F)OC(F)(C(F)F)C(F)(F)C(F)F.O=S(=O)([O-])C(F)(F)C(F)(F)OC(F)(C(F)(F)F)C(F)(F)OC(F)(C(F)F)C(F)(F)C(F)F.[O]=[V+2]. The van der Waals surface area contributed by atoms with Crippen LogP contribution in [0.15, 0.2) is 0 Å². The van der Waals surface area contributed by atoms with E-state index in [1.54, 1.807) is 0 Å². The summed E-state index contributed by atoms with van der Waals surface area (Å²) in [6.07, 6.45) is -71.6. The fraction of sp³-hybridized carbons (Fsp3) is 1.00. The van der Waals surface area contributed by atoms with Crippen LogP contribution < -0.4 is 0 Å². The van der Waals surface area contributed by atoms with Crippen molar-refractivity contribution in [2.75, 3.05) is 0 Å². The van der Waals surface area contributed by atoms with Gasteiger partial charge in [-0.2, -0.15) is 114 Å². The predicted molar refractivity (Wildman–Crippen MR) is 115 cm³/mol. The Labute approximate surface area is 344 Å². The summed E-state index contributed by atoms with van der Waals surface area (Å²) in [5.74, 6) is -45.5. The molecule has 0 aromatic carbocycles. The van der Waals surface area contributed by atoms with Gasteiger partial charge in [-0.05, 0) is 0 Å². The van der Waals surface area contributed by atoms with Crippen LogP contribution in [0.5, 0.6) is 0 Å². The summed E-state index contributed by atoms with van der Waals surface area (Å²) in [7, 11) is -15.8. The summed E-state index contributed by atoms with van der Waals surface area (Å²) in [5.41, 5.74) is 0. The molecule has 48 heteroatoms. The average Bonchev–Trinajstić information content (AvgIpc) is 3.05. The van der Waals surface area contributed by atoms with Gasteiger partial charge in [0.1, 0.15) is 0 Å². The summed E-state index contributed by atoms with van der Waals surface area (Å²) >= 11 is 1.06. The molecule has 0 N–H and O–H groups in total. The fourth-order valence-electron chi connectivity index (χ4n) is 2.65. The predicted octanol–water partition coefficient (Wildman–Crippen LogP) is 8.68. The summed E-state index contributed by atoms with van der Waals surface area (Å²) in [5, 5.41) is -15.1. The Kier molecular flexibility index (Phi) is 20.4. The number of hydrogen-bond donors (Lipinski definition) is 0. The van der Waals surface area contributed by atoms with Gasteiger partial charge >= 0.3 is 129 Å². The van der Waals surface area contributed by atoms with Crippen LogP contribution in [-0.2, 0) is 60.2 Å². The van der Waals surface area contributed by atoms with Gasteiger partial charge in [-0.25, -0.2) is 52.0 Å². The van der Waals surface area contributed by atoms with Gasteiger partial charge in [0.25, 0.3) is 0 Å². The molecule has 0 radical (unpaired) electrons. The van der Waals surface area contributed by atoms with E-state index < -0.39 is 128 Å². The molecular weight excluding hydrogens is 1150 g/mol. The van der Waals surface area contributed by atoms with E-state index >= 15 is 0 Å². The topological polar surface area (TPSA) is 168 Å². The van der Waals surface area contributed by atoms with Crippen molar-refractivity contribution < 1.29 is 215 Å². The van der Waals surface area contributed by atoms with Gasteiger partial charge in [-0.1, -0.05) is 0 Å². The van der Waals surface area contributed by atoms with Crippen molar-refractivity contribution in [3.05, 3.63) is 0 Å². The minimum absolute atomic E-state index is 1.06. The van der Waals surface area contributed by atoms with Crippen molar-refractivity contribution in [1.82, 2.24) is 0 Å². The van der Waals surface area contributed by atoms with E-state index in [4.69, 9.17) is 3.67 Å². The second kappa shape index (κ2) is 19.8. The van der Waals surface area contributed by atoms with Crippen molar-refractivity contribution in [2.24, 2.45) is 0 Å². The van der Waals surface area contributed by atoms with Crippen LogP contribution in [0, 0.1) is 0 Å². The van der Waals surface area contributed by atoms with Crippen LogP contribution in [0.3, 0.4) is 0 Å². The van der Waals surface area contributed by atoms with Crippen molar-refractivity contribution in [3.8, 4) is 0 Å². The summed E-state index contributed by atoms with van der Waals surface area (Å²) in [4.78, 5) is 0. The van der Waals surface area contributed by atoms with E-state index in [1.165, 1.54) is 18.9 Å². The molecule has 0 amide bonds. The Morgan fingerprint density at radius 3 is 0.636 bits per heavy atom. The molecule has 0 aromatic heterocycles. The van der Waals surface area contributed by atoms with Crippen molar-refractivity contribution in [3.63, 3.8) is 0 Å². The molecule has 0 rings (SSSR count). The maximum absolute atomic E-state index is 13.7. The first-order valence-corrected chi connectivity index (χ1v) is 16.4. The zero-order valence-corrected chi connectivity index (χ0v) is 30.9. The third-order valence-electron chi connectivity index (χ3n) is 5.89. The van der Waals surface area contributed by atoms with Gasteiger partial charge in [0.15, 0.2) is 20.2 Å². The standard InChI is InChI=1S/2C9H3F17O5S.O.V/c2*10-1(11)3(14,15)4(16,2(12)13)30-7(21,22)5(17,6(18,19)20)31-8(23,24)9(25,26)32(27,28)29;;/h2*1-2H,(H,27,28,29);;/q;;;+2/p-2.